The molecule has 2 unspecified atom stereocenters. The number of rotatable bonds is 4. The van der Waals surface area contributed by atoms with Crippen LogP contribution in [0.5, 0.6) is 0 Å². The fourth-order valence-corrected chi connectivity index (χ4v) is 4.05. The van der Waals surface area contributed by atoms with E-state index in [1.54, 1.807) is 0 Å². The van der Waals surface area contributed by atoms with E-state index in [1.807, 2.05) is 0 Å². The van der Waals surface area contributed by atoms with Crippen molar-refractivity contribution in [3.63, 3.8) is 0 Å². The molecule has 1 aliphatic carbocycles. The summed E-state index contributed by atoms with van der Waals surface area (Å²) < 4.78 is 0. The SMILES string of the molecule is OC1CCCCC1CN1CCC(Cc2ccccc2)CC1. The lowest BCUT2D eigenvalue weighted by Crippen LogP contribution is -2.41. The first kappa shape index (κ1) is 15.1. The van der Waals surface area contributed by atoms with Crippen LogP contribution in [0.4, 0.5) is 0 Å². The van der Waals surface area contributed by atoms with Gasteiger partial charge in [0.15, 0.2) is 0 Å². The number of hydrogen-bond donors (Lipinski definition) is 1. The summed E-state index contributed by atoms with van der Waals surface area (Å²) in [6.45, 7) is 3.57. The average Bonchev–Trinajstić information content (AvgIpc) is 2.52. The highest BCUT2D eigenvalue weighted by Crippen LogP contribution is 2.27. The molecule has 2 atom stereocenters. The Bertz CT molecular complexity index is 411. The van der Waals surface area contributed by atoms with Crippen LogP contribution < -0.4 is 0 Å². The zero-order valence-electron chi connectivity index (χ0n) is 13.1. The van der Waals surface area contributed by atoms with Gasteiger partial charge in [-0.25, -0.2) is 0 Å². The van der Waals surface area contributed by atoms with Gasteiger partial charge in [0.2, 0.25) is 0 Å². The summed E-state index contributed by atoms with van der Waals surface area (Å²) >= 11 is 0. The maximum absolute atomic E-state index is 10.1. The van der Waals surface area contributed by atoms with E-state index in [1.165, 1.54) is 57.2 Å². The van der Waals surface area contributed by atoms with Crippen LogP contribution in [0.1, 0.15) is 44.1 Å². The standard InChI is InChI=1S/C19H29NO/c21-19-9-5-4-8-18(19)15-20-12-10-17(11-13-20)14-16-6-2-1-3-7-16/h1-3,6-7,17-19,21H,4-5,8-15H2. The second kappa shape index (κ2) is 7.42. The van der Waals surface area contributed by atoms with Gasteiger partial charge in [-0.1, -0.05) is 43.2 Å². The van der Waals surface area contributed by atoms with E-state index >= 15 is 0 Å². The summed E-state index contributed by atoms with van der Waals surface area (Å²) in [6.07, 6.45) is 8.61. The summed E-state index contributed by atoms with van der Waals surface area (Å²) in [7, 11) is 0. The van der Waals surface area contributed by atoms with Crippen LogP contribution in [0.3, 0.4) is 0 Å². The van der Waals surface area contributed by atoms with E-state index in [-0.39, 0.29) is 6.10 Å². The number of likely N-dealkylation sites (tertiary alicyclic amines) is 1. The van der Waals surface area contributed by atoms with Crippen molar-refractivity contribution in [1.29, 1.82) is 0 Å². The summed E-state index contributed by atoms with van der Waals surface area (Å²) in [4.78, 5) is 2.60. The molecule has 1 N–H and O–H groups in total. The third-order valence-electron chi connectivity index (χ3n) is 5.44. The molecule has 0 aromatic heterocycles. The molecule has 116 valence electrons. The largest absolute Gasteiger partial charge is 0.393 e. The number of aliphatic hydroxyl groups is 1. The normalized spacial score (nSPS) is 28.6. The summed E-state index contributed by atoms with van der Waals surface area (Å²) in [5, 5.41) is 10.1. The Morgan fingerprint density at radius 1 is 0.952 bits per heavy atom. The average molecular weight is 287 g/mol. The van der Waals surface area contributed by atoms with Gasteiger partial charge in [0.05, 0.1) is 6.10 Å². The zero-order valence-corrected chi connectivity index (χ0v) is 13.1. The molecule has 2 heteroatoms. The monoisotopic (exact) mass is 287 g/mol. The molecule has 3 rings (SSSR count). The van der Waals surface area contributed by atoms with E-state index in [9.17, 15) is 5.11 Å². The zero-order chi connectivity index (χ0) is 14.5. The molecule has 0 amide bonds. The lowest BCUT2D eigenvalue weighted by molar-refractivity contribution is 0.0384. The Kier molecular flexibility index (Phi) is 5.32. The lowest BCUT2D eigenvalue weighted by Gasteiger charge is -2.37. The van der Waals surface area contributed by atoms with E-state index in [2.05, 4.69) is 35.2 Å². The van der Waals surface area contributed by atoms with Crippen LogP contribution in [0.2, 0.25) is 0 Å². The van der Waals surface area contributed by atoms with Crippen molar-refractivity contribution < 1.29 is 5.11 Å². The molecule has 1 aromatic carbocycles. The maximum Gasteiger partial charge on any atom is 0.0580 e. The molecule has 0 spiro atoms. The Morgan fingerprint density at radius 3 is 2.38 bits per heavy atom. The highest BCUT2D eigenvalue weighted by molar-refractivity contribution is 5.15. The first-order chi connectivity index (χ1) is 10.3. The smallest absolute Gasteiger partial charge is 0.0580 e. The number of hydrogen-bond acceptors (Lipinski definition) is 2. The first-order valence-electron chi connectivity index (χ1n) is 8.75. The van der Waals surface area contributed by atoms with Gasteiger partial charge >= 0.3 is 0 Å². The second-order valence-electron chi connectivity index (χ2n) is 7.05. The van der Waals surface area contributed by atoms with Crippen LogP contribution in [0, 0.1) is 11.8 Å². The Hall–Kier alpha value is -0.860. The molecule has 1 aliphatic heterocycles. The van der Waals surface area contributed by atoms with Gasteiger partial charge in [0.25, 0.3) is 0 Å². The van der Waals surface area contributed by atoms with Gasteiger partial charge in [0.1, 0.15) is 0 Å². The molecule has 2 fully saturated rings. The Labute approximate surface area is 129 Å². The molecule has 1 saturated carbocycles. The first-order valence-corrected chi connectivity index (χ1v) is 8.75. The fraction of sp³-hybridized carbons (Fsp3) is 0.684. The highest BCUT2D eigenvalue weighted by atomic mass is 16.3. The van der Waals surface area contributed by atoms with Gasteiger partial charge in [-0.05, 0) is 62.6 Å². The molecule has 2 aliphatic rings. The van der Waals surface area contributed by atoms with Crippen LogP contribution in [0.25, 0.3) is 0 Å². The predicted molar refractivity (Wildman–Crippen MR) is 87.3 cm³/mol. The van der Waals surface area contributed by atoms with Crippen molar-refractivity contribution in [2.75, 3.05) is 19.6 Å². The van der Waals surface area contributed by atoms with Crippen molar-refractivity contribution in [3.8, 4) is 0 Å². The summed E-state index contributed by atoms with van der Waals surface area (Å²) in [6, 6.07) is 10.9. The quantitative estimate of drug-likeness (QED) is 0.916. The maximum atomic E-state index is 10.1. The highest BCUT2D eigenvalue weighted by Gasteiger charge is 2.27. The van der Waals surface area contributed by atoms with E-state index < -0.39 is 0 Å². The van der Waals surface area contributed by atoms with Crippen molar-refractivity contribution in [2.45, 2.75) is 51.0 Å². The van der Waals surface area contributed by atoms with Gasteiger partial charge in [-0.15, -0.1) is 0 Å². The minimum absolute atomic E-state index is 0.0409. The van der Waals surface area contributed by atoms with Crippen LogP contribution >= 0.6 is 0 Å². The number of aliphatic hydroxyl groups excluding tert-OH is 1. The molecule has 0 radical (unpaired) electrons. The number of benzene rings is 1. The van der Waals surface area contributed by atoms with Crippen molar-refractivity contribution in [1.82, 2.24) is 4.90 Å². The molecule has 1 heterocycles. The van der Waals surface area contributed by atoms with Gasteiger partial charge in [-0.3, -0.25) is 0 Å². The number of piperidine rings is 1. The summed E-state index contributed by atoms with van der Waals surface area (Å²) in [5.74, 6) is 1.38. The third kappa shape index (κ3) is 4.31. The topological polar surface area (TPSA) is 23.5 Å². The third-order valence-corrected chi connectivity index (χ3v) is 5.44. The Balaban J connectivity index is 1.42. The van der Waals surface area contributed by atoms with E-state index in [0.717, 1.165) is 18.9 Å². The predicted octanol–water partition coefficient (Wildman–Crippen LogP) is 3.49. The van der Waals surface area contributed by atoms with Crippen LogP contribution in [-0.4, -0.2) is 35.7 Å². The minimum atomic E-state index is -0.0409. The number of nitrogens with zero attached hydrogens (tertiary/aromatic N) is 1. The molecule has 21 heavy (non-hydrogen) atoms. The van der Waals surface area contributed by atoms with Gasteiger partial charge in [-0.2, -0.15) is 0 Å². The van der Waals surface area contributed by atoms with Crippen molar-refractivity contribution in [2.24, 2.45) is 11.8 Å². The molecule has 1 aromatic rings. The molecule has 2 nitrogen and oxygen atoms in total. The van der Waals surface area contributed by atoms with Crippen molar-refractivity contribution >= 4 is 0 Å². The molecular formula is C19H29NO. The minimum Gasteiger partial charge on any atom is -0.393 e. The van der Waals surface area contributed by atoms with Crippen LogP contribution in [0.15, 0.2) is 30.3 Å². The summed E-state index contributed by atoms with van der Waals surface area (Å²) in [5.41, 5.74) is 1.48. The van der Waals surface area contributed by atoms with Gasteiger partial charge in [0, 0.05) is 6.54 Å². The fourth-order valence-electron chi connectivity index (χ4n) is 4.05. The molecule has 1 saturated heterocycles. The van der Waals surface area contributed by atoms with E-state index in [0.29, 0.717) is 5.92 Å². The van der Waals surface area contributed by atoms with E-state index in [4.69, 9.17) is 0 Å². The molecular weight excluding hydrogens is 258 g/mol. The lowest BCUT2D eigenvalue weighted by atomic mass is 9.85. The van der Waals surface area contributed by atoms with Crippen molar-refractivity contribution in [3.05, 3.63) is 35.9 Å². The molecule has 0 bridgehead atoms. The van der Waals surface area contributed by atoms with Gasteiger partial charge < -0.3 is 10.0 Å². The second-order valence-corrected chi connectivity index (χ2v) is 7.05. The Morgan fingerprint density at radius 2 is 1.67 bits per heavy atom. The van der Waals surface area contributed by atoms with Crippen LogP contribution in [-0.2, 0) is 6.42 Å².